The van der Waals surface area contributed by atoms with Crippen LogP contribution in [0.3, 0.4) is 0 Å². The molecule has 0 atom stereocenters. The molecule has 0 saturated carbocycles. The van der Waals surface area contributed by atoms with Gasteiger partial charge in [-0.3, -0.25) is 0 Å². The fraction of sp³-hybridized carbons (Fsp3) is 0.138. The molecule has 0 aliphatic heterocycles. The number of benzene rings is 9. The Hall–Kier alpha value is -7.30. The molecule has 0 unspecified atom stereocenters. The van der Waals surface area contributed by atoms with Gasteiger partial charge in [-0.15, -0.1) is 0 Å². The predicted molar refractivity (Wildman–Crippen MR) is 253 cm³/mol. The summed E-state index contributed by atoms with van der Waals surface area (Å²) in [4.78, 5) is 2.38. The number of hydrogen-bond donors (Lipinski definition) is 0. The zero-order chi connectivity index (χ0) is 41.8. The summed E-state index contributed by atoms with van der Waals surface area (Å²) in [6, 6.07) is 71.2. The molecule has 0 N–H and O–H groups in total. The van der Waals surface area contributed by atoms with Gasteiger partial charge in [0, 0.05) is 17.1 Å². The van der Waals surface area contributed by atoms with E-state index in [1.807, 2.05) is 0 Å². The van der Waals surface area contributed by atoms with E-state index in [1.54, 1.807) is 0 Å². The molecular weight excluding hydrogens is 759 g/mol. The van der Waals surface area contributed by atoms with Crippen molar-refractivity contribution in [2.45, 2.75) is 31.6 Å². The molecule has 0 amide bonds. The number of rotatable bonds is 11. The summed E-state index contributed by atoms with van der Waals surface area (Å²) in [6.07, 6.45) is 0. The lowest BCUT2D eigenvalue weighted by Gasteiger charge is -2.57. The number of nitrogens with zero attached hydrogens (tertiary/aromatic N) is 1. The number of hydrogen-bond acceptors (Lipinski definition) is 4. The second-order valence-corrected chi connectivity index (χ2v) is 16.2. The van der Waals surface area contributed by atoms with E-state index in [9.17, 15) is 0 Å². The van der Waals surface area contributed by atoms with Gasteiger partial charge in [0.15, 0.2) is 0 Å². The summed E-state index contributed by atoms with van der Waals surface area (Å²) < 4.78 is 19.0. The van der Waals surface area contributed by atoms with Crippen molar-refractivity contribution < 1.29 is 14.2 Å². The zero-order valence-electron chi connectivity index (χ0n) is 35.3. The molecule has 4 heteroatoms. The fourth-order valence-electron chi connectivity index (χ4n) is 10.7. The Morgan fingerprint density at radius 1 is 0.323 bits per heavy atom. The lowest BCUT2D eigenvalue weighted by atomic mass is 9.44. The van der Waals surface area contributed by atoms with Crippen molar-refractivity contribution in [3.8, 4) is 17.2 Å². The van der Waals surface area contributed by atoms with Crippen LogP contribution in [0.1, 0.15) is 65.3 Å². The van der Waals surface area contributed by atoms with E-state index in [1.165, 1.54) is 60.5 Å². The van der Waals surface area contributed by atoms with E-state index in [-0.39, 0.29) is 0 Å². The Morgan fingerprint density at radius 3 is 1.13 bits per heavy atom. The number of fused-ring (bicyclic) bond motifs is 2. The van der Waals surface area contributed by atoms with Gasteiger partial charge in [-0.1, -0.05) is 121 Å². The monoisotopic (exact) mass is 805 g/mol. The molecule has 9 aromatic carbocycles. The highest BCUT2D eigenvalue weighted by Crippen LogP contribution is 2.67. The molecule has 0 radical (unpaired) electrons. The van der Waals surface area contributed by atoms with Gasteiger partial charge in [-0.2, -0.15) is 0 Å². The first-order valence-corrected chi connectivity index (χ1v) is 21.8. The minimum atomic E-state index is -0.725. The zero-order valence-corrected chi connectivity index (χ0v) is 35.3. The Balaban J connectivity index is 1.19. The van der Waals surface area contributed by atoms with Crippen molar-refractivity contribution in [1.82, 2.24) is 0 Å². The molecule has 12 rings (SSSR count). The van der Waals surface area contributed by atoms with Gasteiger partial charge in [-0.25, -0.2) is 0 Å². The second-order valence-electron chi connectivity index (χ2n) is 16.2. The van der Waals surface area contributed by atoms with Crippen LogP contribution >= 0.6 is 0 Å². The maximum Gasteiger partial charge on any atom is 0.119 e. The van der Waals surface area contributed by atoms with Gasteiger partial charge in [0.2, 0.25) is 0 Å². The van der Waals surface area contributed by atoms with Crippen LogP contribution in [-0.4, -0.2) is 19.8 Å². The minimum absolute atomic E-state index is 0.572. The van der Waals surface area contributed by atoms with E-state index in [2.05, 4.69) is 220 Å². The van der Waals surface area contributed by atoms with Gasteiger partial charge in [-0.05, 0) is 160 Å². The first kappa shape index (κ1) is 37.7. The van der Waals surface area contributed by atoms with Crippen molar-refractivity contribution in [3.63, 3.8) is 0 Å². The van der Waals surface area contributed by atoms with Gasteiger partial charge in [0.1, 0.15) is 17.2 Å². The topological polar surface area (TPSA) is 30.9 Å². The largest absolute Gasteiger partial charge is 0.494 e. The van der Waals surface area contributed by atoms with Crippen molar-refractivity contribution >= 4 is 38.6 Å². The summed E-state index contributed by atoms with van der Waals surface area (Å²) >= 11 is 0. The van der Waals surface area contributed by atoms with Crippen LogP contribution in [0.15, 0.2) is 194 Å². The lowest BCUT2D eigenvalue weighted by Crippen LogP contribution is -2.52. The maximum absolute atomic E-state index is 6.35. The van der Waals surface area contributed by atoms with Crippen molar-refractivity contribution in [3.05, 3.63) is 239 Å². The van der Waals surface area contributed by atoms with E-state index in [0.717, 1.165) is 39.9 Å². The maximum atomic E-state index is 6.35. The quantitative estimate of drug-likeness (QED) is 0.130. The standard InChI is InChI=1S/C58H47NO3/c1-4-60-48-30-33-53-54(36-48)57(43-18-8-7-9-19-43)51-31-28-49(61-5-2)37-55(51)58(53,56-38-50(62-6-3)29-32-52(56)57)44-22-26-45(27-23-44)59(46-24-20-39-14-10-12-16-41(39)34-46)47-25-21-40-15-11-13-17-42(40)35-47/h7-38H,4-6H2,1-3H3. The van der Waals surface area contributed by atoms with Crippen LogP contribution < -0.4 is 19.1 Å². The first-order valence-electron chi connectivity index (χ1n) is 21.8. The lowest BCUT2D eigenvalue weighted by molar-refractivity contribution is 0.336. The normalized spacial score (nSPS) is 17.0. The summed E-state index contributed by atoms with van der Waals surface area (Å²) in [6.45, 7) is 7.88. The van der Waals surface area contributed by atoms with Gasteiger partial charge in [0.05, 0.1) is 30.7 Å². The van der Waals surface area contributed by atoms with Crippen molar-refractivity contribution in [2.24, 2.45) is 0 Å². The van der Waals surface area contributed by atoms with Crippen LogP contribution in [0.25, 0.3) is 21.5 Å². The fourth-order valence-corrected chi connectivity index (χ4v) is 10.7. The summed E-state index contributed by atoms with van der Waals surface area (Å²) in [7, 11) is 0. The molecule has 2 bridgehead atoms. The SMILES string of the molecule is CCOc1ccc2c(c1)C1(c3ccccc3)c3ccc(OCC)cc3C2(c2ccc(N(c3ccc4ccccc4c3)c3ccc4ccccc4c3)cc2)c2cc(OCC)ccc21. The van der Waals surface area contributed by atoms with E-state index in [0.29, 0.717) is 19.8 Å². The van der Waals surface area contributed by atoms with Crippen LogP contribution in [0, 0.1) is 0 Å². The van der Waals surface area contributed by atoms with Crippen molar-refractivity contribution in [2.75, 3.05) is 24.7 Å². The molecule has 0 heterocycles. The Labute approximate surface area is 363 Å². The highest BCUT2D eigenvalue weighted by Gasteiger charge is 2.60. The molecule has 0 saturated heterocycles. The Bertz CT molecular complexity index is 3000. The molecule has 0 aromatic heterocycles. The average molecular weight is 806 g/mol. The van der Waals surface area contributed by atoms with E-state index >= 15 is 0 Å². The molecule has 3 aliphatic rings. The molecule has 0 spiro atoms. The van der Waals surface area contributed by atoms with Crippen LogP contribution in [-0.2, 0) is 10.8 Å². The summed E-state index contributed by atoms with van der Waals surface area (Å²) in [5.41, 5.74) is 11.6. The smallest absolute Gasteiger partial charge is 0.119 e. The van der Waals surface area contributed by atoms with Gasteiger partial charge in [0.25, 0.3) is 0 Å². The molecular formula is C58H47NO3. The van der Waals surface area contributed by atoms with Gasteiger partial charge >= 0.3 is 0 Å². The molecule has 4 nitrogen and oxygen atoms in total. The highest BCUT2D eigenvalue weighted by molar-refractivity contribution is 5.93. The van der Waals surface area contributed by atoms with Crippen LogP contribution in [0.5, 0.6) is 17.2 Å². The third-order valence-electron chi connectivity index (χ3n) is 13.1. The molecule has 302 valence electrons. The van der Waals surface area contributed by atoms with Crippen molar-refractivity contribution in [1.29, 1.82) is 0 Å². The summed E-state index contributed by atoms with van der Waals surface area (Å²) in [5.74, 6) is 2.57. The van der Waals surface area contributed by atoms with Crippen LogP contribution in [0.4, 0.5) is 17.1 Å². The summed E-state index contributed by atoms with van der Waals surface area (Å²) in [5, 5.41) is 4.83. The van der Waals surface area contributed by atoms with E-state index in [4.69, 9.17) is 14.2 Å². The predicted octanol–water partition coefficient (Wildman–Crippen LogP) is 14.1. The molecule has 9 aromatic rings. The third kappa shape index (κ3) is 5.59. The minimum Gasteiger partial charge on any atom is -0.494 e. The Morgan fingerprint density at radius 2 is 0.694 bits per heavy atom. The number of ether oxygens (including phenoxy) is 3. The molecule has 62 heavy (non-hydrogen) atoms. The Kier molecular flexibility index (Phi) is 9.12. The molecule has 3 aliphatic carbocycles. The van der Waals surface area contributed by atoms with Gasteiger partial charge < -0.3 is 19.1 Å². The third-order valence-corrected chi connectivity index (χ3v) is 13.1. The first-order chi connectivity index (χ1) is 30.6. The second kappa shape index (κ2) is 15.0. The van der Waals surface area contributed by atoms with E-state index < -0.39 is 10.8 Å². The average Bonchev–Trinajstić information content (AvgIpc) is 3.32. The number of anilines is 3. The highest BCUT2D eigenvalue weighted by atomic mass is 16.5. The molecule has 0 fully saturated rings. The van der Waals surface area contributed by atoms with Crippen LogP contribution in [0.2, 0.25) is 0 Å².